The predicted octanol–water partition coefficient (Wildman–Crippen LogP) is 4.28. The van der Waals surface area contributed by atoms with Gasteiger partial charge in [-0.1, -0.05) is 0 Å². The van der Waals surface area contributed by atoms with Crippen LogP contribution in [-0.4, -0.2) is 20.5 Å². The Hall–Kier alpha value is -3.26. The molecule has 6 nitrogen and oxygen atoms in total. The van der Waals surface area contributed by atoms with Crippen LogP contribution in [0, 0.1) is 12.7 Å². The van der Waals surface area contributed by atoms with Crippen molar-refractivity contribution in [3.05, 3.63) is 70.6 Å². The van der Waals surface area contributed by atoms with Gasteiger partial charge in [-0.05, 0) is 42.1 Å². The van der Waals surface area contributed by atoms with Crippen LogP contribution in [0.15, 0.2) is 53.6 Å². The third kappa shape index (κ3) is 3.02. The second kappa shape index (κ2) is 6.57. The summed E-state index contributed by atoms with van der Waals surface area (Å²) in [6.45, 7) is 1.89. The summed E-state index contributed by atoms with van der Waals surface area (Å²) < 4.78 is 21.7. The van der Waals surface area contributed by atoms with Crippen LogP contribution >= 0.6 is 11.3 Å². The van der Waals surface area contributed by atoms with E-state index in [0.29, 0.717) is 16.8 Å². The van der Waals surface area contributed by atoms with Crippen LogP contribution in [0.25, 0.3) is 5.52 Å². The zero-order valence-electron chi connectivity index (χ0n) is 13.6. The van der Waals surface area contributed by atoms with Gasteiger partial charge in [-0.2, -0.15) is 21.4 Å². The summed E-state index contributed by atoms with van der Waals surface area (Å²) in [4.78, 5) is 16.1. The van der Waals surface area contributed by atoms with Gasteiger partial charge < -0.3 is 10.1 Å². The Morgan fingerprint density at radius 1 is 1.31 bits per heavy atom. The number of thiophene rings is 1. The van der Waals surface area contributed by atoms with Crippen molar-refractivity contribution in [2.45, 2.75) is 6.92 Å². The minimum atomic E-state index is -0.603. The molecule has 8 heteroatoms. The molecule has 0 saturated carbocycles. The number of halogens is 1. The Morgan fingerprint density at radius 3 is 2.96 bits per heavy atom. The zero-order chi connectivity index (χ0) is 18.1. The van der Waals surface area contributed by atoms with Crippen LogP contribution in [-0.2, 0) is 0 Å². The SMILES string of the molecule is Cc1ccn2ncnc(Oc3ccc(NC(=O)c4ccsc4)cc3F)c12. The highest BCUT2D eigenvalue weighted by Gasteiger charge is 2.13. The lowest BCUT2D eigenvalue weighted by Gasteiger charge is -2.09. The van der Waals surface area contributed by atoms with Crippen LogP contribution in [0.2, 0.25) is 0 Å². The summed E-state index contributed by atoms with van der Waals surface area (Å²) in [7, 11) is 0. The van der Waals surface area contributed by atoms with Crippen molar-refractivity contribution in [1.29, 1.82) is 0 Å². The van der Waals surface area contributed by atoms with Crippen LogP contribution < -0.4 is 10.1 Å². The van der Waals surface area contributed by atoms with E-state index in [1.165, 1.54) is 29.8 Å². The van der Waals surface area contributed by atoms with E-state index in [1.807, 2.05) is 13.0 Å². The maximum Gasteiger partial charge on any atom is 0.256 e. The van der Waals surface area contributed by atoms with Crippen molar-refractivity contribution in [2.75, 3.05) is 5.32 Å². The molecule has 0 bridgehead atoms. The highest BCUT2D eigenvalue weighted by molar-refractivity contribution is 7.08. The molecule has 0 unspecified atom stereocenters. The number of aromatic nitrogens is 3. The second-order valence-electron chi connectivity index (χ2n) is 5.57. The molecule has 0 fully saturated rings. The number of carbonyl (C=O) groups is 1. The standard InChI is InChI=1S/C18H13FN4O2S/c1-11-4-6-23-16(11)18(20-10-21-23)25-15-3-2-13(8-14(15)19)22-17(24)12-5-7-26-9-12/h2-10H,1H3,(H,22,24). The van der Waals surface area contributed by atoms with Crippen molar-refractivity contribution in [3.8, 4) is 11.6 Å². The molecule has 4 rings (SSSR count). The number of nitrogens with one attached hydrogen (secondary N) is 1. The zero-order valence-corrected chi connectivity index (χ0v) is 14.5. The molecule has 3 heterocycles. The summed E-state index contributed by atoms with van der Waals surface area (Å²) in [6, 6.07) is 7.81. The van der Waals surface area contributed by atoms with Crippen molar-refractivity contribution in [2.24, 2.45) is 0 Å². The summed E-state index contributed by atoms with van der Waals surface area (Å²) in [5, 5.41) is 10.3. The maximum absolute atomic E-state index is 14.4. The topological polar surface area (TPSA) is 68.5 Å². The molecule has 1 N–H and O–H groups in total. The van der Waals surface area contributed by atoms with Gasteiger partial charge in [-0.25, -0.2) is 8.91 Å². The lowest BCUT2D eigenvalue weighted by molar-refractivity contribution is 0.102. The molecule has 0 aliphatic rings. The summed E-state index contributed by atoms with van der Waals surface area (Å²) in [5.74, 6) is -0.620. The quantitative estimate of drug-likeness (QED) is 0.584. The van der Waals surface area contributed by atoms with Crippen LogP contribution in [0.1, 0.15) is 15.9 Å². The fourth-order valence-electron chi connectivity index (χ4n) is 2.51. The molecule has 0 aliphatic heterocycles. The summed E-state index contributed by atoms with van der Waals surface area (Å²) >= 11 is 1.42. The molecular formula is C18H13FN4O2S. The monoisotopic (exact) mass is 368 g/mol. The summed E-state index contributed by atoms with van der Waals surface area (Å²) in [5.41, 5.74) is 2.46. The Morgan fingerprint density at radius 2 is 2.19 bits per heavy atom. The number of hydrogen-bond donors (Lipinski definition) is 1. The molecule has 1 aromatic carbocycles. The highest BCUT2D eigenvalue weighted by atomic mass is 32.1. The van der Waals surface area contributed by atoms with Gasteiger partial charge >= 0.3 is 0 Å². The largest absolute Gasteiger partial charge is 0.434 e. The molecule has 26 heavy (non-hydrogen) atoms. The Bertz CT molecular complexity index is 1090. The first kappa shape index (κ1) is 16.2. The lowest BCUT2D eigenvalue weighted by atomic mass is 10.2. The number of anilines is 1. The first-order valence-electron chi connectivity index (χ1n) is 7.72. The average molecular weight is 368 g/mol. The Balaban J connectivity index is 1.58. The molecule has 0 aliphatic carbocycles. The van der Waals surface area contributed by atoms with Gasteiger partial charge in [0.1, 0.15) is 11.8 Å². The van der Waals surface area contributed by atoms with E-state index in [-0.39, 0.29) is 17.5 Å². The number of ether oxygens (including phenoxy) is 1. The second-order valence-corrected chi connectivity index (χ2v) is 6.35. The van der Waals surface area contributed by atoms with Gasteiger partial charge in [0, 0.05) is 23.3 Å². The minimum Gasteiger partial charge on any atom is -0.434 e. The Kier molecular flexibility index (Phi) is 4.10. The van der Waals surface area contributed by atoms with Crippen molar-refractivity contribution in [1.82, 2.24) is 14.6 Å². The molecular weight excluding hydrogens is 355 g/mol. The maximum atomic E-state index is 14.4. The number of nitrogens with zero attached hydrogens (tertiary/aromatic N) is 3. The molecule has 0 radical (unpaired) electrons. The van der Waals surface area contributed by atoms with Gasteiger partial charge in [-0.15, -0.1) is 0 Å². The molecule has 0 saturated heterocycles. The van der Waals surface area contributed by atoms with Crippen molar-refractivity contribution >= 4 is 28.4 Å². The number of benzene rings is 1. The van der Waals surface area contributed by atoms with Crippen LogP contribution in [0.4, 0.5) is 10.1 Å². The number of hydrogen-bond acceptors (Lipinski definition) is 5. The van der Waals surface area contributed by atoms with E-state index in [1.54, 1.807) is 33.6 Å². The van der Waals surface area contributed by atoms with E-state index in [2.05, 4.69) is 15.4 Å². The van der Waals surface area contributed by atoms with E-state index in [4.69, 9.17) is 4.74 Å². The van der Waals surface area contributed by atoms with E-state index in [0.717, 1.165) is 5.56 Å². The van der Waals surface area contributed by atoms with Gasteiger partial charge in [0.25, 0.3) is 5.91 Å². The van der Waals surface area contributed by atoms with E-state index in [9.17, 15) is 9.18 Å². The van der Waals surface area contributed by atoms with Crippen LogP contribution in [0.3, 0.4) is 0 Å². The smallest absolute Gasteiger partial charge is 0.256 e. The van der Waals surface area contributed by atoms with Crippen molar-refractivity contribution in [3.63, 3.8) is 0 Å². The Labute approximate surface area is 151 Å². The first-order chi connectivity index (χ1) is 12.6. The average Bonchev–Trinajstić information content (AvgIpc) is 3.28. The fourth-order valence-corrected chi connectivity index (χ4v) is 3.15. The molecule has 3 aromatic heterocycles. The molecule has 0 spiro atoms. The van der Waals surface area contributed by atoms with Crippen LogP contribution in [0.5, 0.6) is 11.6 Å². The number of carbonyl (C=O) groups excluding carboxylic acids is 1. The van der Waals surface area contributed by atoms with Gasteiger partial charge in [0.2, 0.25) is 5.88 Å². The fraction of sp³-hybridized carbons (Fsp3) is 0.0556. The first-order valence-corrected chi connectivity index (χ1v) is 8.66. The highest BCUT2D eigenvalue weighted by Crippen LogP contribution is 2.29. The minimum absolute atomic E-state index is 0.0136. The molecule has 4 aromatic rings. The third-order valence-electron chi connectivity index (χ3n) is 3.80. The normalized spacial score (nSPS) is 10.8. The summed E-state index contributed by atoms with van der Waals surface area (Å²) in [6.07, 6.45) is 3.12. The molecule has 0 atom stereocenters. The molecule has 1 amide bonds. The lowest BCUT2D eigenvalue weighted by Crippen LogP contribution is -2.10. The number of aryl methyl sites for hydroxylation is 1. The van der Waals surface area contributed by atoms with Gasteiger partial charge in [0.15, 0.2) is 11.6 Å². The third-order valence-corrected chi connectivity index (χ3v) is 4.48. The van der Waals surface area contributed by atoms with E-state index >= 15 is 0 Å². The number of rotatable bonds is 4. The van der Waals surface area contributed by atoms with E-state index < -0.39 is 5.82 Å². The van der Waals surface area contributed by atoms with Gasteiger partial charge in [-0.3, -0.25) is 4.79 Å². The predicted molar refractivity (Wildman–Crippen MR) is 96.5 cm³/mol. The molecule has 130 valence electrons. The van der Waals surface area contributed by atoms with Crippen molar-refractivity contribution < 1.29 is 13.9 Å². The number of amides is 1. The van der Waals surface area contributed by atoms with Gasteiger partial charge in [0.05, 0.1) is 5.56 Å². The number of fused-ring (bicyclic) bond motifs is 1.